The number of ether oxygens (including phenoxy) is 1. The molecule has 5 nitrogen and oxygen atoms in total. The summed E-state index contributed by atoms with van der Waals surface area (Å²) in [6.07, 6.45) is 0.0515. The van der Waals surface area contributed by atoms with E-state index in [1.165, 1.54) is 0 Å². The largest absolute Gasteiger partial charge is 1.00 e. The molecule has 1 saturated heterocycles. The van der Waals surface area contributed by atoms with Crippen molar-refractivity contribution in [2.45, 2.75) is 12.5 Å². The SMILES string of the molecule is O=C([O-])CCN1CCN(CCOC(c2ccccc2)c2ccccc2)CC1.[Na+]. The number of nitrogens with zero attached hydrogens (tertiary/aromatic N) is 2. The molecule has 0 N–H and O–H groups in total. The molecule has 2 aromatic carbocycles. The van der Waals surface area contributed by atoms with Crippen molar-refractivity contribution in [1.29, 1.82) is 0 Å². The fourth-order valence-corrected chi connectivity index (χ4v) is 3.43. The van der Waals surface area contributed by atoms with Gasteiger partial charge in [-0.1, -0.05) is 60.7 Å². The monoisotopic (exact) mass is 390 g/mol. The second-order valence-electron chi connectivity index (χ2n) is 6.88. The smallest absolute Gasteiger partial charge is 0.550 e. The number of hydrogen-bond donors (Lipinski definition) is 0. The van der Waals surface area contributed by atoms with Gasteiger partial charge in [-0.3, -0.25) is 4.90 Å². The zero-order chi connectivity index (χ0) is 18.9. The first-order valence-electron chi connectivity index (χ1n) is 9.58. The van der Waals surface area contributed by atoms with E-state index in [-0.39, 0.29) is 42.1 Å². The molecule has 1 aliphatic rings. The minimum Gasteiger partial charge on any atom is -0.550 e. The molecule has 6 heteroatoms. The summed E-state index contributed by atoms with van der Waals surface area (Å²) in [5, 5.41) is 10.6. The van der Waals surface area contributed by atoms with Crippen LogP contribution in [0, 0.1) is 0 Å². The first kappa shape index (κ1) is 23.1. The van der Waals surface area contributed by atoms with Crippen molar-refractivity contribution >= 4 is 5.97 Å². The fraction of sp³-hybridized carbons (Fsp3) is 0.409. The van der Waals surface area contributed by atoms with Crippen LogP contribution in [0.1, 0.15) is 23.7 Å². The average molecular weight is 390 g/mol. The van der Waals surface area contributed by atoms with E-state index < -0.39 is 5.97 Å². The van der Waals surface area contributed by atoms with E-state index in [4.69, 9.17) is 4.74 Å². The molecule has 28 heavy (non-hydrogen) atoms. The van der Waals surface area contributed by atoms with Gasteiger partial charge >= 0.3 is 29.6 Å². The fourth-order valence-electron chi connectivity index (χ4n) is 3.43. The third kappa shape index (κ3) is 7.32. The van der Waals surface area contributed by atoms with Crippen molar-refractivity contribution in [3.63, 3.8) is 0 Å². The number of aliphatic carboxylic acids is 1. The second kappa shape index (κ2) is 12.4. The van der Waals surface area contributed by atoms with Crippen molar-refractivity contribution in [2.24, 2.45) is 0 Å². The second-order valence-corrected chi connectivity index (χ2v) is 6.88. The summed E-state index contributed by atoms with van der Waals surface area (Å²) in [6, 6.07) is 20.6. The molecule has 1 heterocycles. The van der Waals surface area contributed by atoms with E-state index in [1.54, 1.807) is 0 Å². The van der Waals surface area contributed by atoms with Crippen LogP contribution in [0.2, 0.25) is 0 Å². The van der Waals surface area contributed by atoms with Gasteiger partial charge in [0.15, 0.2) is 0 Å². The maximum absolute atomic E-state index is 10.6. The zero-order valence-corrected chi connectivity index (χ0v) is 18.6. The van der Waals surface area contributed by atoms with E-state index in [1.807, 2.05) is 36.4 Å². The van der Waals surface area contributed by atoms with Gasteiger partial charge in [0, 0.05) is 45.2 Å². The summed E-state index contributed by atoms with van der Waals surface area (Å²) in [4.78, 5) is 15.1. The molecule has 0 radical (unpaired) electrons. The maximum Gasteiger partial charge on any atom is 1.00 e. The molecule has 144 valence electrons. The minimum atomic E-state index is -0.973. The van der Waals surface area contributed by atoms with E-state index in [2.05, 4.69) is 34.1 Å². The summed E-state index contributed by atoms with van der Waals surface area (Å²) >= 11 is 0. The van der Waals surface area contributed by atoms with Crippen LogP contribution in [0.3, 0.4) is 0 Å². The number of carbonyl (C=O) groups excluding carboxylic acids is 1. The normalized spacial score (nSPS) is 15.3. The molecule has 0 bridgehead atoms. The van der Waals surface area contributed by atoms with Crippen LogP contribution in [0.15, 0.2) is 60.7 Å². The standard InChI is InChI=1S/C22H28N2O3.Na/c25-21(26)11-12-23-13-15-24(16-14-23)17-18-27-22(19-7-3-1-4-8-19)20-9-5-2-6-10-20;/h1-10,22H,11-18H2,(H,25,26);/q;+1/p-1. The van der Waals surface area contributed by atoms with Crippen molar-refractivity contribution in [1.82, 2.24) is 9.80 Å². The predicted molar refractivity (Wildman–Crippen MR) is 103 cm³/mol. The maximum atomic E-state index is 10.6. The topological polar surface area (TPSA) is 55.8 Å². The zero-order valence-electron chi connectivity index (χ0n) is 16.6. The Kier molecular flexibility index (Phi) is 10.2. The van der Waals surface area contributed by atoms with E-state index >= 15 is 0 Å². The molecular formula is C22H27N2NaO3. The summed E-state index contributed by atoms with van der Waals surface area (Å²) in [7, 11) is 0. The summed E-state index contributed by atoms with van der Waals surface area (Å²) < 4.78 is 6.28. The first-order valence-corrected chi connectivity index (χ1v) is 9.58. The Morgan fingerprint density at radius 1 is 0.857 bits per heavy atom. The Hall–Kier alpha value is -1.21. The molecule has 0 aliphatic carbocycles. The average Bonchev–Trinajstić information content (AvgIpc) is 2.72. The van der Waals surface area contributed by atoms with Crippen LogP contribution in [-0.4, -0.2) is 61.6 Å². The van der Waals surface area contributed by atoms with Gasteiger partial charge in [0.2, 0.25) is 0 Å². The van der Waals surface area contributed by atoms with Gasteiger partial charge in [-0.25, -0.2) is 0 Å². The number of benzene rings is 2. The van der Waals surface area contributed by atoms with Crippen molar-refractivity contribution in [3.8, 4) is 0 Å². The van der Waals surface area contributed by atoms with Crippen LogP contribution < -0.4 is 34.7 Å². The molecule has 0 amide bonds. The molecule has 0 saturated carbocycles. The number of carboxylic acids is 1. The van der Waals surface area contributed by atoms with Gasteiger partial charge in [0.1, 0.15) is 6.10 Å². The number of carboxylic acid groups (broad SMARTS) is 1. The van der Waals surface area contributed by atoms with E-state index in [0.717, 1.165) is 43.9 Å². The minimum absolute atomic E-state index is 0. The third-order valence-corrected chi connectivity index (χ3v) is 4.99. The van der Waals surface area contributed by atoms with Gasteiger partial charge in [-0.05, 0) is 17.5 Å². The molecule has 0 atom stereocenters. The summed E-state index contributed by atoms with van der Waals surface area (Å²) in [5.74, 6) is -0.973. The van der Waals surface area contributed by atoms with Gasteiger partial charge in [-0.2, -0.15) is 0 Å². The van der Waals surface area contributed by atoms with Crippen LogP contribution in [0.5, 0.6) is 0 Å². The van der Waals surface area contributed by atoms with Gasteiger partial charge in [0.05, 0.1) is 6.61 Å². The Labute approximate surface area is 189 Å². The number of rotatable bonds is 9. The predicted octanol–water partition coefficient (Wildman–Crippen LogP) is -1.45. The molecule has 2 aromatic rings. The van der Waals surface area contributed by atoms with Crippen molar-refractivity contribution in [2.75, 3.05) is 45.9 Å². The molecule has 0 aromatic heterocycles. The van der Waals surface area contributed by atoms with Crippen molar-refractivity contribution in [3.05, 3.63) is 71.8 Å². The van der Waals surface area contributed by atoms with Crippen LogP contribution in [-0.2, 0) is 9.53 Å². The summed E-state index contributed by atoms with van der Waals surface area (Å²) in [5.41, 5.74) is 2.33. The van der Waals surface area contributed by atoms with Crippen LogP contribution in [0.4, 0.5) is 0 Å². The quantitative estimate of drug-likeness (QED) is 0.491. The van der Waals surface area contributed by atoms with Gasteiger partial charge < -0.3 is 19.5 Å². The Balaban J connectivity index is 0.00000280. The number of carbonyl (C=O) groups is 1. The molecule has 1 aliphatic heterocycles. The Morgan fingerprint density at radius 2 is 1.32 bits per heavy atom. The van der Waals surface area contributed by atoms with Gasteiger partial charge in [-0.15, -0.1) is 0 Å². The summed E-state index contributed by atoms with van der Waals surface area (Å²) in [6.45, 7) is 5.80. The molecule has 0 spiro atoms. The van der Waals surface area contributed by atoms with E-state index in [9.17, 15) is 9.90 Å². The Morgan fingerprint density at radius 3 is 1.79 bits per heavy atom. The number of hydrogen-bond acceptors (Lipinski definition) is 5. The molecule has 1 fully saturated rings. The molecule has 3 rings (SSSR count). The van der Waals surface area contributed by atoms with Gasteiger partial charge in [0.25, 0.3) is 0 Å². The molecular weight excluding hydrogens is 363 g/mol. The van der Waals surface area contributed by atoms with Crippen LogP contribution in [0.25, 0.3) is 0 Å². The Bertz CT molecular complexity index is 652. The first-order chi connectivity index (χ1) is 13.2. The molecule has 0 unspecified atom stereocenters. The van der Waals surface area contributed by atoms with Crippen molar-refractivity contribution < 1.29 is 44.2 Å². The third-order valence-electron chi connectivity index (χ3n) is 4.99. The van der Waals surface area contributed by atoms with E-state index in [0.29, 0.717) is 13.2 Å². The van der Waals surface area contributed by atoms with Crippen LogP contribution >= 0.6 is 0 Å². The number of piperazine rings is 1.